The van der Waals surface area contributed by atoms with E-state index in [0.717, 1.165) is 6.20 Å². The molecule has 1 N–H and O–H groups in total. The predicted molar refractivity (Wildman–Crippen MR) is 72.0 cm³/mol. The molecule has 1 rings (SSSR count). The van der Waals surface area contributed by atoms with Crippen LogP contribution in [-0.2, 0) is 16.1 Å². The Balaban J connectivity index is 2.95. The molecular formula is C11H13BrF3N3O3. The lowest BCUT2D eigenvalue weighted by atomic mass is 10.3. The van der Waals surface area contributed by atoms with Gasteiger partial charge >= 0.3 is 12.1 Å². The van der Waals surface area contributed by atoms with Crippen LogP contribution >= 0.6 is 15.9 Å². The third-order valence-corrected chi connectivity index (χ3v) is 3.09. The van der Waals surface area contributed by atoms with Gasteiger partial charge in [-0.1, -0.05) is 0 Å². The summed E-state index contributed by atoms with van der Waals surface area (Å²) in [5, 5.41) is 6.07. The molecule has 0 saturated carbocycles. The van der Waals surface area contributed by atoms with Crippen molar-refractivity contribution in [1.29, 1.82) is 0 Å². The zero-order valence-corrected chi connectivity index (χ0v) is 12.8. The smallest absolute Gasteiger partial charge is 0.408 e. The first kappa shape index (κ1) is 17.5. The van der Waals surface area contributed by atoms with E-state index in [1.807, 2.05) is 0 Å². The van der Waals surface area contributed by atoms with Gasteiger partial charge in [-0.3, -0.25) is 4.79 Å². The van der Waals surface area contributed by atoms with E-state index in [1.54, 1.807) is 6.92 Å². The van der Waals surface area contributed by atoms with Crippen molar-refractivity contribution in [2.75, 3.05) is 11.9 Å². The molecule has 0 spiro atoms. The van der Waals surface area contributed by atoms with E-state index < -0.39 is 30.3 Å². The van der Waals surface area contributed by atoms with Crippen LogP contribution in [0.5, 0.6) is 0 Å². The fourth-order valence-corrected chi connectivity index (χ4v) is 1.83. The van der Waals surface area contributed by atoms with Crippen LogP contribution in [0.15, 0.2) is 15.5 Å². The Bertz CT molecular complexity index is 574. The average molecular weight is 372 g/mol. The van der Waals surface area contributed by atoms with Crippen LogP contribution in [0.2, 0.25) is 0 Å². The SMILES string of the molecule is CCOC(=O)C(C)Nc1cnn(CC(F)(F)F)c(=O)c1Br. The Morgan fingerprint density at radius 1 is 1.57 bits per heavy atom. The van der Waals surface area contributed by atoms with Crippen LogP contribution in [-0.4, -0.2) is 34.6 Å². The van der Waals surface area contributed by atoms with E-state index in [0.29, 0.717) is 0 Å². The number of nitrogens with zero attached hydrogens (tertiary/aromatic N) is 2. The van der Waals surface area contributed by atoms with Gasteiger partial charge < -0.3 is 10.1 Å². The first-order chi connectivity index (χ1) is 9.65. The number of rotatable bonds is 5. The zero-order chi connectivity index (χ0) is 16.2. The number of aromatic nitrogens is 2. The van der Waals surface area contributed by atoms with Gasteiger partial charge in [0.15, 0.2) is 0 Å². The molecule has 6 nitrogen and oxygen atoms in total. The highest BCUT2D eigenvalue weighted by molar-refractivity contribution is 9.10. The van der Waals surface area contributed by atoms with Gasteiger partial charge in [0.1, 0.15) is 17.1 Å². The second kappa shape index (κ2) is 6.92. The monoisotopic (exact) mass is 371 g/mol. The highest BCUT2D eigenvalue weighted by Crippen LogP contribution is 2.20. The summed E-state index contributed by atoms with van der Waals surface area (Å²) >= 11 is 2.90. The standard InChI is InChI=1S/C11H13BrF3N3O3/c1-3-21-10(20)6(2)17-7-4-16-18(5-11(13,14)15)9(19)8(7)12/h4,6,17H,3,5H2,1-2H3. The number of carbonyl (C=O) groups is 1. The molecule has 0 amide bonds. The second-order valence-electron chi connectivity index (χ2n) is 4.07. The Labute approximate surface area is 126 Å². The molecule has 1 atom stereocenters. The van der Waals surface area contributed by atoms with Crippen LogP contribution in [0.1, 0.15) is 13.8 Å². The fourth-order valence-electron chi connectivity index (χ4n) is 1.41. The summed E-state index contributed by atoms with van der Waals surface area (Å²) < 4.78 is 41.7. The van der Waals surface area contributed by atoms with E-state index in [9.17, 15) is 22.8 Å². The topological polar surface area (TPSA) is 73.2 Å². The highest BCUT2D eigenvalue weighted by atomic mass is 79.9. The van der Waals surface area contributed by atoms with Crippen LogP contribution in [0.4, 0.5) is 18.9 Å². The molecule has 0 bridgehead atoms. The number of hydrogen-bond donors (Lipinski definition) is 1. The van der Waals surface area contributed by atoms with Gasteiger partial charge in [-0.15, -0.1) is 0 Å². The lowest BCUT2D eigenvalue weighted by Crippen LogP contribution is -2.33. The fraction of sp³-hybridized carbons (Fsp3) is 0.545. The Morgan fingerprint density at radius 3 is 2.71 bits per heavy atom. The number of hydrogen-bond acceptors (Lipinski definition) is 5. The molecule has 1 aromatic rings. The molecule has 21 heavy (non-hydrogen) atoms. The maximum Gasteiger partial charge on any atom is 0.408 e. The molecule has 118 valence electrons. The van der Waals surface area contributed by atoms with Gasteiger partial charge in [0.05, 0.1) is 18.5 Å². The number of alkyl halides is 3. The van der Waals surface area contributed by atoms with Crippen LogP contribution in [0.25, 0.3) is 0 Å². The number of ether oxygens (including phenoxy) is 1. The summed E-state index contributed by atoms with van der Waals surface area (Å²) in [6.07, 6.45) is -3.52. The van der Waals surface area contributed by atoms with E-state index in [-0.39, 0.29) is 21.4 Å². The number of halogens is 4. The van der Waals surface area contributed by atoms with Gasteiger partial charge in [0.2, 0.25) is 0 Å². The largest absolute Gasteiger partial charge is 0.464 e. The normalized spacial score (nSPS) is 12.9. The highest BCUT2D eigenvalue weighted by Gasteiger charge is 2.30. The molecule has 0 radical (unpaired) electrons. The molecule has 0 aromatic carbocycles. The van der Waals surface area contributed by atoms with Crippen molar-refractivity contribution in [3.63, 3.8) is 0 Å². The molecule has 1 aromatic heterocycles. The minimum absolute atomic E-state index is 0.110. The van der Waals surface area contributed by atoms with E-state index in [1.165, 1.54) is 6.92 Å². The van der Waals surface area contributed by atoms with E-state index in [2.05, 4.69) is 26.3 Å². The summed E-state index contributed by atoms with van der Waals surface area (Å²) in [4.78, 5) is 23.2. The summed E-state index contributed by atoms with van der Waals surface area (Å²) in [7, 11) is 0. The summed E-state index contributed by atoms with van der Waals surface area (Å²) in [5.74, 6) is -0.552. The lowest BCUT2D eigenvalue weighted by molar-refractivity contribution is -0.144. The third kappa shape index (κ3) is 5.03. The molecule has 0 fully saturated rings. The van der Waals surface area contributed by atoms with Gasteiger partial charge in [0, 0.05) is 0 Å². The average Bonchev–Trinajstić information content (AvgIpc) is 2.37. The van der Waals surface area contributed by atoms with Crippen molar-refractivity contribution in [3.05, 3.63) is 21.0 Å². The maximum absolute atomic E-state index is 12.3. The van der Waals surface area contributed by atoms with E-state index >= 15 is 0 Å². The summed E-state index contributed by atoms with van der Waals surface area (Å²) in [5.41, 5.74) is -0.840. The van der Waals surface area contributed by atoms with Crippen LogP contribution in [0, 0.1) is 0 Å². The van der Waals surface area contributed by atoms with Crippen molar-refractivity contribution >= 4 is 27.6 Å². The molecule has 1 heterocycles. The minimum Gasteiger partial charge on any atom is -0.464 e. The van der Waals surface area contributed by atoms with Crippen molar-refractivity contribution in [3.8, 4) is 0 Å². The third-order valence-electron chi connectivity index (χ3n) is 2.33. The van der Waals surface area contributed by atoms with Gasteiger partial charge in [0.25, 0.3) is 5.56 Å². The molecule has 0 aliphatic rings. The quantitative estimate of drug-likeness (QED) is 0.800. The number of anilines is 1. The van der Waals surface area contributed by atoms with Crippen molar-refractivity contribution in [1.82, 2.24) is 9.78 Å². The summed E-state index contributed by atoms with van der Waals surface area (Å²) in [6, 6.07) is -0.777. The molecule has 1 unspecified atom stereocenters. The van der Waals surface area contributed by atoms with E-state index in [4.69, 9.17) is 4.74 Å². The number of carbonyl (C=O) groups excluding carboxylic acids is 1. The first-order valence-corrected chi connectivity index (χ1v) is 6.70. The molecule has 0 aliphatic heterocycles. The van der Waals surface area contributed by atoms with Crippen molar-refractivity contribution < 1.29 is 22.7 Å². The predicted octanol–water partition coefficient (Wildman–Crippen LogP) is 1.93. The summed E-state index contributed by atoms with van der Waals surface area (Å²) in [6.45, 7) is 1.84. The lowest BCUT2D eigenvalue weighted by Gasteiger charge is -2.15. The Hall–Kier alpha value is -1.58. The van der Waals surface area contributed by atoms with Crippen LogP contribution in [0.3, 0.4) is 0 Å². The zero-order valence-electron chi connectivity index (χ0n) is 11.2. The van der Waals surface area contributed by atoms with Crippen molar-refractivity contribution in [2.24, 2.45) is 0 Å². The Kier molecular flexibility index (Phi) is 5.76. The van der Waals surface area contributed by atoms with Crippen LogP contribution < -0.4 is 10.9 Å². The van der Waals surface area contributed by atoms with Gasteiger partial charge in [-0.2, -0.15) is 18.3 Å². The number of nitrogens with one attached hydrogen (secondary N) is 1. The Morgan fingerprint density at radius 2 is 2.19 bits per heavy atom. The first-order valence-electron chi connectivity index (χ1n) is 5.91. The molecule has 10 heteroatoms. The van der Waals surface area contributed by atoms with Gasteiger partial charge in [-0.05, 0) is 29.8 Å². The molecule has 0 saturated heterocycles. The maximum atomic E-state index is 12.3. The number of esters is 1. The molecule has 0 aliphatic carbocycles. The van der Waals surface area contributed by atoms with Crippen molar-refractivity contribution in [2.45, 2.75) is 32.6 Å². The van der Waals surface area contributed by atoms with Gasteiger partial charge in [-0.25, -0.2) is 9.48 Å². The minimum atomic E-state index is -4.55. The molecular weight excluding hydrogens is 359 g/mol. The second-order valence-corrected chi connectivity index (χ2v) is 4.86.